The standard InChI is InChI=1S/C17H27NO6/c1-16(2,3)23-14(21)18(15(22)24-17(4,5)6)12-9-7-8-11(10-12)13(19)20/h7,9,11-12H,8,10H2,1-6H3,(H,19,20)/t11-,12-/m1/s1. The third-order valence-corrected chi connectivity index (χ3v) is 3.17. The maximum absolute atomic E-state index is 12.5. The summed E-state index contributed by atoms with van der Waals surface area (Å²) in [4.78, 5) is 37.1. The van der Waals surface area contributed by atoms with Crippen LogP contribution in [-0.4, -0.2) is 45.4 Å². The summed E-state index contributed by atoms with van der Waals surface area (Å²) >= 11 is 0. The molecule has 1 rings (SSSR count). The summed E-state index contributed by atoms with van der Waals surface area (Å²) in [6, 6.07) is -0.718. The number of imide groups is 1. The second-order valence-electron chi connectivity index (χ2n) is 7.83. The van der Waals surface area contributed by atoms with Gasteiger partial charge in [-0.05, 0) is 54.4 Å². The zero-order valence-corrected chi connectivity index (χ0v) is 15.2. The molecule has 0 spiro atoms. The Bertz CT molecular complexity index is 498. The van der Waals surface area contributed by atoms with Crippen LogP contribution in [0.5, 0.6) is 0 Å². The van der Waals surface area contributed by atoms with Crippen molar-refractivity contribution in [2.45, 2.75) is 71.6 Å². The van der Waals surface area contributed by atoms with Crippen LogP contribution in [0.4, 0.5) is 9.59 Å². The number of ether oxygens (including phenoxy) is 2. The first-order valence-electron chi connectivity index (χ1n) is 7.95. The molecule has 24 heavy (non-hydrogen) atoms. The first-order chi connectivity index (χ1) is 10.8. The van der Waals surface area contributed by atoms with E-state index in [1.165, 1.54) is 0 Å². The lowest BCUT2D eigenvalue weighted by Gasteiger charge is -2.34. The lowest BCUT2D eigenvalue weighted by Crippen LogP contribution is -2.49. The fourth-order valence-corrected chi connectivity index (χ4v) is 2.23. The third kappa shape index (κ3) is 6.22. The van der Waals surface area contributed by atoms with Crippen molar-refractivity contribution in [2.75, 3.05) is 0 Å². The summed E-state index contributed by atoms with van der Waals surface area (Å²) in [5, 5.41) is 9.20. The molecule has 1 N–H and O–H groups in total. The van der Waals surface area contributed by atoms with Crippen molar-refractivity contribution in [3.8, 4) is 0 Å². The first-order valence-corrected chi connectivity index (χ1v) is 7.95. The Kier molecular flexibility index (Phi) is 6.03. The Morgan fingerprint density at radius 2 is 1.46 bits per heavy atom. The molecule has 0 aliphatic heterocycles. The van der Waals surface area contributed by atoms with E-state index in [-0.39, 0.29) is 6.42 Å². The third-order valence-electron chi connectivity index (χ3n) is 3.17. The lowest BCUT2D eigenvalue weighted by molar-refractivity contribution is -0.142. The molecular weight excluding hydrogens is 314 g/mol. The van der Waals surface area contributed by atoms with Gasteiger partial charge < -0.3 is 14.6 Å². The molecule has 0 bridgehead atoms. The number of amides is 2. The van der Waals surface area contributed by atoms with Crippen molar-refractivity contribution < 1.29 is 29.0 Å². The molecule has 1 aliphatic carbocycles. The van der Waals surface area contributed by atoms with E-state index in [1.807, 2.05) is 0 Å². The highest BCUT2D eigenvalue weighted by Gasteiger charge is 2.38. The number of carbonyl (C=O) groups is 3. The van der Waals surface area contributed by atoms with Crippen LogP contribution in [0.3, 0.4) is 0 Å². The van der Waals surface area contributed by atoms with E-state index in [0.29, 0.717) is 6.42 Å². The van der Waals surface area contributed by atoms with E-state index in [1.54, 1.807) is 53.7 Å². The topological polar surface area (TPSA) is 93.1 Å². The van der Waals surface area contributed by atoms with Crippen LogP contribution < -0.4 is 0 Å². The second-order valence-corrected chi connectivity index (χ2v) is 7.83. The van der Waals surface area contributed by atoms with Crippen molar-refractivity contribution >= 4 is 18.2 Å². The molecule has 0 aromatic carbocycles. The van der Waals surface area contributed by atoms with Crippen molar-refractivity contribution in [3.63, 3.8) is 0 Å². The summed E-state index contributed by atoms with van der Waals surface area (Å²) in [5.41, 5.74) is -1.58. The minimum atomic E-state index is -0.960. The summed E-state index contributed by atoms with van der Waals surface area (Å²) in [7, 11) is 0. The Labute approximate surface area is 142 Å². The number of hydrogen-bond donors (Lipinski definition) is 1. The summed E-state index contributed by atoms with van der Waals surface area (Å²) < 4.78 is 10.6. The number of aliphatic carboxylic acids is 1. The predicted molar refractivity (Wildman–Crippen MR) is 87.6 cm³/mol. The molecule has 136 valence electrons. The maximum Gasteiger partial charge on any atom is 0.420 e. The van der Waals surface area contributed by atoms with Crippen LogP contribution in [0.15, 0.2) is 12.2 Å². The van der Waals surface area contributed by atoms with E-state index in [9.17, 15) is 19.5 Å². The van der Waals surface area contributed by atoms with Crippen LogP contribution in [0.2, 0.25) is 0 Å². The molecule has 0 heterocycles. The Hall–Kier alpha value is -2.05. The zero-order valence-electron chi connectivity index (χ0n) is 15.2. The van der Waals surface area contributed by atoms with Crippen LogP contribution in [-0.2, 0) is 14.3 Å². The van der Waals surface area contributed by atoms with Crippen molar-refractivity contribution in [3.05, 3.63) is 12.2 Å². The number of hydrogen-bond acceptors (Lipinski definition) is 5. The minimum Gasteiger partial charge on any atom is -0.481 e. The summed E-state index contributed by atoms with van der Waals surface area (Å²) in [5.74, 6) is -1.62. The van der Waals surface area contributed by atoms with Crippen LogP contribution in [0, 0.1) is 5.92 Å². The molecule has 1 aliphatic rings. The van der Waals surface area contributed by atoms with E-state index < -0.39 is 41.3 Å². The second kappa shape index (κ2) is 7.23. The van der Waals surface area contributed by atoms with Gasteiger partial charge in [0.05, 0.1) is 12.0 Å². The molecule has 2 amide bonds. The van der Waals surface area contributed by atoms with Gasteiger partial charge in [-0.2, -0.15) is 0 Å². The van der Waals surface area contributed by atoms with Gasteiger partial charge in [-0.15, -0.1) is 0 Å². The monoisotopic (exact) mass is 341 g/mol. The molecule has 0 aromatic heterocycles. The van der Waals surface area contributed by atoms with Gasteiger partial charge in [-0.1, -0.05) is 12.2 Å². The fourth-order valence-electron chi connectivity index (χ4n) is 2.23. The quantitative estimate of drug-likeness (QED) is 0.772. The summed E-state index contributed by atoms with van der Waals surface area (Å²) in [6.07, 6.45) is 2.10. The number of nitrogens with zero attached hydrogens (tertiary/aromatic N) is 1. The SMILES string of the molecule is CC(C)(C)OC(=O)N(C(=O)OC(C)(C)C)[C@@H]1C=CC[C@@H](C(=O)O)C1. The molecule has 0 radical (unpaired) electrons. The molecule has 2 atom stereocenters. The molecular formula is C17H27NO6. The lowest BCUT2D eigenvalue weighted by atomic mass is 9.90. The predicted octanol–water partition coefficient (Wildman–Crippen LogP) is 3.58. The Morgan fingerprint density at radius 3 is 1.83 bits per heavy atom. The number of carboxylic acid groups (broad SMARTS) is 1. The molecule has 0 saturated carbocycles. The average Bonchev–Trinajstić information content (AvgIpc) is 2.34. The largest absolute Gasteiger partial charge is 0.481 e. The Balaban J connectivity index is 3.06. The normalized spacial score (nSPS) is 21.1. The van der Waals surface area contributed by atoms with Crippen LogP contribution in [0.1, 0.15) is 54.4 Å². The molecule has 0 fully saturated rings. The van der Waals surface area contributed by atoms with Gasteiger partial charge in [0.2, 0.25) is 0 Å². The van der Waals surface area contributed by atoms with Crippen molar-refractivity contribution in [2.24, 2.45) is 5.92 Å². The van der Waals surface area contributed by atoms with Gasteiger partial charge in [0, 0.05) is 0 Å². The fraction of sp³-hybridized carbons (Fsp3) is 0.706. The van der Waals surface area contributed by atoms with E-state index in [2.05, 4.69) is 0 Å². The van der Waals surface area contributed by atoms with Gasteiger partial charge in [-0.3, -0.25) is 4.79 Å². The highest BCUT2D eigenvalue weighted by Crippen LogP contribution is 2.26. The minimum absolute atomic E-state index is 0.129. The highest BCUT2D eigenvalue weighted by molar-refractivity contribution is 5.89. The molecule has 0 saturated heterocycles. The Morgan fingerprint density at radius 1 is 1.00 bits per heavy atom. The van der Waals surface area contributed by atoms with Crippen molar-refractivity contribution in [1.29, 1.82) is 0 Å². The van der Waals surface area contributed by atoms with Crippen LogP contribution >= 0.6 is 0 Å². The van der Waals surface area contributed by atoms with E-state index >= 15 is 0 Å². The smallest absolute Gasteiger partial charge is 0.420 e. The van der Waals surface area contributed by atoms with Crippen LogP contribution in [0.25, 0.3) is 0 Å². The van der Waals surface area contributed by atoms with E-state index in [0.717, 1.165) is 4.90 Å². The summed E-state index contributed by atoms with van der Waals surface area (Å²) in [6.45, 7) is 10.1. The number of carbonyl (C=O) groups excluding carboxylic acids is 2. The van der Waals surface area contributed by atoms with E-state index in [4.69, 9.17) is 9.47 Å². The number of allylic oxidation sites excluding steroid dienone is 1. The molecule has 7 nitrogen and oxygen atoms in total. The highest BCUT2D eigenvalue weighted by atomic mass is 16.6. The van der Waals surface area contributed by atoms with Gasteiger partial charge in [-0.25, -0.2) is 14.5 Å². The first kappa shape index (κ1) is 20.0. The van der Waals surface area contributed by atoms with Gasteiger partial charge in [0.15, 0.2) is 0 Å². The average molecular weight is 341 g/mol. The maximum atomic E-state index is 12.5. The zero-order chi connectivity index (χ0) is 18.7. The molecule has 0 unspecified atom stereocenters. The van der Waals surface area contributed by atoms with Gasteiger partial charge in [0.25, 0.3) is 0 Å². The van der Waals surface area contributed by atoms with Crippen molar-refractivity contribution in [1.82, 2.24) is 4.90 Å². The van der Waals surface area contributed by atoms with Gasteiger partial charge >= 0.3 is 18.2 Å². The van der Waals surface area contributed by atoms with Gasteiger partial charge in [0.1, 0.15) is 11.2 Å². The molecule has 0 aromatic rings. The molecule has 7 heteroatoms. The number of carboxylic acids is 1. The number of rotatable bonds is 2.